The zero-order valence-corrected chi connectivity index (χ0v) is 14.1. The molecule has 0 aromatic heterocycles. The molecule has 1 amide bonds. The van der Waals surface area contributed by atoms with E-state index in [0.29, 0.717) is 6.61 Å². The van der Waals surface area contributed by atoms with Gasteiger partial charge in [-0.2, -0.15) is 0 Å². The fraction of sp³-hybridized carbons (Fsp3) is 0.846. The van der Waals surface area contributed by atoms with Gasteiger partial charge in [0.15, 0.2) is 5.78 Å². The van der Waals surface area contributed by atoms with Crippen LogP contribution in [0.25, 0.3) is 0 Å². The van der Waals surface area contributed by atoms with E-state index in [-0.39, 0.29) is 24.4 Å². The van der Waals surface area contributed by atoms with Crippen LogP contribution in [0.4, 0.5) is 4.79 Å². The first-order chi connectivity index (χ1) is 8.91. The highest BCUT2D eigenvalue weighted by molar-refractivity contribution is 7.59. The van der Waals surface area contributed by atoms with E-state index in [1.165, 1.54) is 6.66 Å². The standard InChI is InChI=1S/C13H26NO5P/c1-10(2)8-18-20(6,17)9-11(15)7-14-12(16)19-13(3,4)5/h10H,7-9H2,1-6H3,(H,14,16). The summed E-state index contributed by atoms with van der Waals surface area (Å²) in [5.74, 6) is -0.0938. The molecule has 0 fully saturated rings. The van der Waals surface area contributed by atoms with Gasteiger partial charge in [-0.1, -0.05) is 13.8 Å². The molecule has 0 spiro atoms. The molecule has 0 aromatic rings. The van der Waals surface area contributed by atoms with Gasteiger partial charge >= 0.3 is 6.09 Å². The van der Waals surface area contributed by atoms with Crippen LogP contribution in [0.3, 0.4) is 0 Å². The van der Waals surface area contributed by atoms with Gasteiger partial charge in [-0.3, -0.25) is 9.36 Å². The molecule has 7 heteroatoms. The third-order valence-corrected chi connectivity index (χ3v) is 3.60. The van der Waals surface area contributed by atoms with Gasteiger partial charge in [0, 0.05) is 6.66 Å². The van der Waals surface area contributed by atoms with Crippen molar-refractivity contribution in [3.63, 3.8) is 0 Å². The van der Waals surface area contributed by atoms with Gasteiger partial charge in [-0.15, -0.1) is 0 Å². The van der Waals surface area contributed by atoms with Crippen LogP contribution in [0.2, 0.25) is 0 Å². The lowest BCUT2D eigenvalue weighted by Gasteiger charge is -2.19. The monoisotopic (exact) mass is 307 g/mol. The number of carbonyl (C=O) groups excluding carboxylic acids is 2. The Morgan fingerprint density at radius 2 is 1.80 bits per heavy atom. The molecule has 0 radical (unpaired) electrons. The minimum Gasteiger partial charge on any atom is -0.444 e. The van der Waals surface area contributed by atoms with Gasteiger partial charge in [0.2, 0.25) is 7.37 Å². The lowest BCUT2D eigenvalue weighted by atomic mass is 10.2. The highest BCUT2D eigenvalue weighted by Gasteiger charge is 2.22. The van der Waals surface area contributed by atoms with Crippen LogP contribution in [-0.4, -0.2) is 43.5 Å². The maximum absolute atomic E-state index is 12.0. The molecule has 0 bridgehead atoms. The number of nitrogens with one attached hydrogen (secondary N) is 1. The van der Waals surface area contributed by atoms with Crippen molar-refractivity contribution in [2.24, 2.45) is 5.92 Å². The molecule has 0 heterocycles. The topological polar surface area (TPSA) is 81.7 Å². The second-order valence-corrected chi connectivity index (χ2v) is 8.86. The van der Waals surface area contributed by atoms with E-state index in [2.05, 4.69) is 5.32 Å². The summed E-state index contributed by atoms with van der Waals surface area (Å²) in [6.45, 7) is 10.6. The Kier molecular flexibility index (Phi) is 7.45. The molecular weight excluding hydrogens is 281 g/mol. The molecule has 118 valence electrons. The van der Waals surface area contributed by atoms with E-state index in [1.54, 1.807) is 20.8 Å². The maximum Gasteiger partial charge on any atom is 0.408 e. The number of carbonyl (C=O) groups is 2. The average molecular weight is 307 g/mol. The van der Waals surface area contributed by atoms with Crippen LogP contribution in [0.5, 0.6) is 0 Å². The maximum atomic E-state index is 12.0. The Bertz CT molecular complexity index is 387. The molecule has 0 saturated heterocycles. The van der Waals surface area contributed by atoms with E-state index in [9.17, 15) is 14.2 Å². The fourth-order valence-electron chi connectivity index (χ4n) is 1.21. The molecule has 1 unspecified atom stereocenters. The van der Waals surface area contributed by atoms with Crippen LogP contribution in [-0.2, 0) is 18.6 Å². The third-order valence-electron chi connectivity index (χ3n) is 1.97. The Balaban J connectivity index is 4.11. The summed E-state index contributed by atoms with van der Waals surface area (Å²) in [4.78, 5) is 23.0. The number of amides is 1. The van der Waals surface area contributed by atoms with Crippen LogP contribution in [0.1, 0.15) is 34.6 Å². The van der Waals surface area contributed by atoms with E-state index in [1.807, 2.05) is 13.8 Å². The van der Waals surface area contributed by atoms with Crippen molar-refractivity contribution in [2.75, 3.05) is 26.0 Å². The minimum atomic E-state index is -2.95. The lowest BCUT2D eigenvalue weighted by molar-refractivity contribution is -0.116. The van der Waals surface area contributed by atoms with E-state index in [0.717, 1.165) is 0 Å². The fourth-order valence-corrected chi connectivity index (χ4v) is 2.67. The van der Waals surface area contributed by atoms with E-state index in [4.69, 9.17) is 9.26 Å². The van der Waals surface area contributed by atoms with Crippen LogP contribution in [0, 0.1) is 5.92 Å². The Morgan fingerprint density at radius 1 is 1.25 bits per heavy atom. The van der Waals surface area contributed by atoms with E-state index < -0.39 is 19.1 Å². The second-order valence-electron chi connectivity index (χ2n) is 6.26. The minimum absolute atomic E-state index is 0.185. The van der Waals surface area contributed by atoms with Crippen LogP contribution >= 0.6 is 7.37 Å². The van der Waals surface area contributed by atoms with Crippen molar-refractivity contribution in [2.45, 2.75) is 40.2 Å². The molecule has 0 saturated carbocycles. The Hall–Kier alpha value is -0.870. The first-order valence-electron chi connectivity index (χ1n) is 6.61. The van der Waals surface area contributed by atoms with Gasteiger partial charge in [0.1, 0.15) is 5.60 Å². The predicted molar refractivity (Wildman–Crippen MR) is 78.4 cm³/mol. The number of rotatable bonds is 7. The second kappa shape index (κ2) is 7.79. The largest absolute Gasteiger partial charge is 0.444 e. The zero-order chi connectivity index (χ0) is 16.0. The van der Waals surface area contributed by atoms with E-state index >= 15 is 0 Å². The Morgan fingerprint density at radius 3 is 2.25 bits per heavy atom. The summed E-state index contributed by atoms with van der Waals surface area (Å²) in [5, 5.41) is 2.34. The quantitative estimate of drug-likeness (QED) is 0.731. The predicted octanol–water partition coefficient (Wildman–Crippen LogP) is 2.66. The van der Waals surface area contributed by atoms with Crippen molar-refractivity contribution in [3.8, 4) is 0 Å². The van der Waals surface area contributed by atoms with Gasteiger partial charge in [0.25, 0.3) is 0 Å². The number of alkyl carbamates (subject to hydrolysis) is 1. The molecular formula is C13H26NO5P. The smallest absolute Gasteiger partial charge is 0.408 e. The molecule has 1 atom stereocenters. The first kappa shape index (κ1) is 19.1. The molecule has 1 N–H and O–H groups in total. The number of hydrogen-bond donors (Lipinski definition) is 1. The molecule has 0 rings (SSSR count). The molecule has 0 aliphatic heterocycles. The lowest BCUT2D eigenvalue weighted by Crippen LogP contribution is -2.36. The van der Waals surface area contributed by atoms with Crippen molar-refractivity contribution < 1.29 is 23.4 Å². The van der Waals surface area contributed by atoms with Gasteiger partial charge in [-0.05, 0) is 26.7 Å². The first-order valence-corrected chi connectivity index (χ1v) is 8.86. The van der Waals surface area contributed by atoms with Crippen LogP contribution < -0.4 is 5.32 Å². The zero-order valence-electron chi connectivity index (χ0n) is 13.2. The third kappa shape index (κ3) is 11.0. The van der Waals surface area contributed by atoms with Crippen molar-refractivity contribution in [1.82, 2.24) is 5.32 Å². The van der Waals surface area contributed by atoms with Crippen molar-refractivity contribution in [3.05, 3.63) is 0 Å². The number of ketones is 1. The summed E-state index contributed by atoms with van der Waals surface area (Å²) in [7, 11) is -2.95. The SMILES string of the molecule is CC(C)COP(C)(=O)CC(=O)CNC(=O)OC(C)(C)C. The van der Waals surface area contributed by atoms with Gasteiger partial charge < -0.3 is 14.6 Å². The number of ether oxygens (including phenoxy) is 1. The molecule has 20 heavy (non-hydrogen) atoms. The van der Waals surface area contributed by atoms with Gasteiger partial charge in [0.05, 0.1) is 19.3 Å². The molecule has 0 aliphatic carbocycles. The summed E-state index contributed by atoms with van der Waals surface area (Å²) in [6, 6.07) is 0. The number of hydrogen-bond acceptors (Lipinski definition) is 5. The highest BCUT2D eigenvalue weighted by atomic mass is 31.2. The van der Waals surface area contributed by atoms with Gasteiger partial charge in [-0.25, -0.2) is 4.79 Å². The molecule has 0 aliphatic rings. The average Bonchev–Trinajstić information content (AvgIpc) is 2.21. The molecule has 6 nitrogen and oxygen atoms in total. The molecule has 0 aromatic carbocycles. The summed E-state index contributed by atoms with van der Waals surface area (Å²) >= 11 is 0. The van der Waals surface area contributed by atoms with Crippen LogP contribution in [0.15, 0.2) is 0 Å². The van der Waals surface area contributed by atoms with Crippen molar-refractivity contribution in [1.29, 1.82) is 0 Å². The Labute approximate surface area is 121 Å². The number of Topliss-reactive ketones (excluding diaryl/α,β-unsaturated/α-hetero) is 1. The van der Waals surface area contributed by atoms with Crippen molar-refractivity contribution >= 4 is 19.2 Å². The summed E-state index contributed by atoms with van der Waals surface area (Å²) < 4.78 is 22.2. The summed E-state index contributed by atoms with van der Waals surface area (Å²) in [6.07, 6.45) is -0.852. The normalized spacial score (nSPS) is 14.8. The summed E-state index contributed by atoms with van der Waals surface area (Å²) in [5.41, 5.74) is -0.618. The highest BCUT2D eigenvalue weighted by Crippen LogP contribution is 2.42.